The zero-order valence-corrected chi connectivity index (χ0v) is 16.7. The summed E-state index contributed by atoms with van der Waals surface area (Å²) in [6.07, 6.45) is 0. The molecule has 26 heavy (non-hydrogen) atoms. The van der Waals surface area contributed by atoms with E-state index in [1.165, 1.54) is 24.5 Å². The second-order valence-corrected chi connectivity index (χ2v) is 8.57. The molecule has 0 radical (unpaired) electrons. The molecule has 0 bridgehead atoms. The highest BCUT2D eigenvalue weighted by molar-refractivity contribution is 7.89. The Morgan fingerprint density at radius 1 is 1.19 bits per heavy atom. The van der Waals surface area contributed by atoms with Crippen LogP contribution in [0, 0.1) is 0 Å². The Morgan fingerprint density at radius 3 is 2.58 bits per heavy atom. The quantitative estimate of drug-likeness (QED) is 0.693. The normalized spacial score (nSPS) is 12.5. The molecule has 0 atom stereocenters. The second-order valence-electron chi connectivity index (χ2n) is 5.44. The minimum Gasteiger partial charge on any atom is -0.317 e. The number of para-hydroxylation sites is 1. The topological polar surface area (TPSA) is 63.5 Å². The number of hydrogen-bond acceptors (Lipinski definition) is 4. The minimum absolute atomic E-state index is 0.176. The Hall–Kier alpha value is -1.93. The minimum atomic E-state index is -3.54. The molecule has 0 saturated carbocycles. The van der Waals surface area contributed by atoms with Crippen molar-refractivity contribution in [3.8, 4) is 11.3 Å². The van der Waals surface area contributed by atoms with E-state index in [1.54, 1.807) is 12.1 Å². The SMILES string of the molecule is CCn1c(-c2cc(S(=O)(=O)NC)ccc2Cl)csc1=Nc1ccccc1. The second kappa shape index (κ2) is 7.75. The van der Waals surface area contributed by atoms with Gasteiger partial charge in [0.05, 0.1) is 21.3 Å². The van der Waals surface area contributed by atoms with Gasteiger partial charge >= 0.3 is 0 Å². The maximum Gasteiger partial charge on any atom is 0.240 e. The zero-order valence-electron chi connectivity index (χ0n) is 14.3. The lowest BCUT2D eigenvalue weighted by Gasteiger charge is -2.10. The molecule has 1 heterocycles. The molecular formula is C18H18ClN3O2S2. The molecule has 3 aromatic rings. The van der Waals surface area contributed by atoms with Crippen LogP contribution in [0.1, 0.15) is 6.92 Å². The van der Waals surface area contributed by atoms with Gasteiger partial charge in [-0.25, -0.2) is 18.1 Å². The van der Waals surface area contributed by atoms with Crippen molar-refractivity contribution < 1.29 is 8.42 Å². The lowest BCUT2D eigenvalue weighted by atomic mass is 10.1. The van der Waals surface area contributed by atoms with Crippen LogP contribution >= 0.6 is 22.9 Å². The lowest BCUT2D eigenvalue weighted by molar-refractivity contribution is 0.588. The average Bonchev–Trinajstić information content (AvgIpc) is 3.05. The summed E-state index contributed by atoms with van der Waals surface area (Å²) in [6, 6.07) is 14.4. The first-order chi connectivity index (χ1) is 12.5. The maximum absolute atomic E-state index is 12.1. The first-order valence-corrected chi connectivity index (χ1v) is 10.7. The molecular weight excluding hydrogens is 390 g/mol. The highest BCUT2D eigenvalue weighted by Crippen LogP contribution is 2.31. The van der Waals surface area contributed by atoms with Crippen LogP contribution in [-0.2, 0) is 16.6 Å². The van der Waals surface area contributed by atoms with Crippen LogP contribution in [0.25, 0.3) is 11.3 Å². The number of nitrogens with one attached hydrogen (secondary N) is 1. The van der Waals surface area contributed by atoms with E-state index in [4.69, 9.17) is 11.6 Å². The largest absolute Gasteiger partial charge is 0.317 e. The van der Waals surface area contributed by atoms with Crippen molar-refractivity contribution in [2.75, 3.05) is 7.05 Å². The van der Waals surface area contributed by atoms with E-state index in [0.29, 0.717) is 17.1 Å². The van der Waals surface area contributed by atoms with Gasteiger partial charge in [0.15, 0.2) is 4.80 Å². The van der Waals surface area contributed by atoms with Crippen LogP contribution < -0.4 is 9.52 Å². The Labute approximate surface area is 161 Å². The van der Waals surface area contributed by atoms with Gasteiger partial charge in [-0.05, 0) is 44.3 Å². The van der Waals surface area contributed by atoms with Crippen LogP contribution in [0.15, 0.2) is 63.8 Å². The van der Waals surface area contributed by atoms with Crippen LogP contribution in [0.2, 0.25) is 5.02 Å². The van der Waals surface area contributed by atoms with E-state index < -0.39 is 10.0 Å². The number of benzene rings is 2. The lowest BCUT2D eigenvalue weighted by Crippen LogP contribution is -2.19. The number of sulfonamides is 1. The number of nitrogens with zero attached hydrogens (tertiary/aromatic N) is 2. The van der Waals surface area contributed by atoms with Crippen LogP contribution in [0.3, 0.4) is 0 Å². The summed E-state index contributed by atoms with van der Waals surface area (Å²) >= 11 is 7.86. The molecule has 0 fully saturated rings. The molecule has 0 aliphatic rings. The van der Waals surface area contributed by atoms with Gasteiger partial charge in [-0.2, -0.15) is 0 Å². The summed E-state index contributed by atoms with van der Waals surface area (Å²) in [5.41, 5.74) is 2.36. The Bertz CT molecular complexity index is 1090. The van der Waals surface area contributed by atoms with E-state index in [9.17, 15) is 8.42 Å². The standard InChI is InChI=1S/C18H18ClN3O2S2/c1-3-22-17(12-25-18(22)21-13-7-5-4-6-8-13)15-11-14(9-10-16(15)19)26(23,24)20-2/h4-12,20H,3H2,1-2H3. The van der Waals surface area contributed by atoms with Gasteiger partial charge < -0.3 is 4.57 Å². The van der Waals surface area contributed by atoms with Gasteiger partial charge in [-0.1, -0.05) is 29.8 Å². The van der Waals surface area contributed by atoms with Gasteiger partial charge in [-0.15, -0.1) is 11.3 Å². The van der Waals surface area contributed by atoms with E-state index in [-0.39, 0.29) is 4.90 Å². The molecule has 3 rings (SSSR count). The number of thiazole rings is 1. The van der Waals surface area contributed by atoms with Gasteiger partial charge in [-0.3, -0.25) is 0 Å². The van der Waals surface area contributed by atoms with E-state index in [0.717, 1.165) is 16.2 Å². The molecule has 1 N–H and O–H groups in total. The van der Waals surface area contributed by atoms with Crippen LogP contribution in [0.5, 0.6) is 0 Å². The molecule has 0 unspecified atom stereocenters. The summed E-state index contributed by atoms with van der Waals surface area (Å²) in [4.78, 5) is 5.68. The Morgan fingerprint density at radius 2 is 1.92 bits per heavy atom. The first kappa shape index (κ1) is 18.8. The third kappa shape index (κ3) is 3.76. The molecule has 8 heteroatoms. The maximum atomic E-state index is 12.1. The third-order valence-corrected chi connectivity index (χ3v) is 6.49. The molecule has 2 aromatic carbocycles. The zero-order chi connectivity index (χ0) is 18.7. The Kier molecular flexibility index (Phi) is 5.62. The number of hydrogen-bond donors (Lipinski definition) is 1. The molecule has 0 amide bonds. The molecule has 0 saturated heterocycles. The summed E-state index contributed by atoms with van der Waals surface area (Å²) in [5, 5.41) is 2.44. The van der Waals surface area contributed by atoms with E-state index >= 15 is 0 Å². The van der Waals surface area contributed by atoms with E-state index in [2.05, 4.69) is 9.71 Å². The van der Waals surface area contributed by atoms with Crippen molar-refractivity contribution in [3.05, 3.63) is 63.7 Å². The highest BCUT2D eigenvalue weighted by Gasteiger charge is 2.17. The van der Waals surface area contributed by atoms with Crippen molar-refractivity contribution in [2.45, 2.75) is 18.4 Å². The fourth-order valence-corrected chi connectivity index (χ4v) is 4.49. The Balaban J connectivity index is 2.17. The number of aromatic nitrogens is 1. The predicted octanol–water partition coefficient (Wildman–Crippen LogP) is 4.03. The van der Waals surface area contributed by atoms with Gasteiger partial charge in [0.2, 0.25) is 10.0 Å². The van der Waals surface area contributed by atoms with Crippen molar-refractivity contribution in [3.63, 3.8) is 0 Å². The van der Waals surface area contributed by atoms with Crippen LogP contribution in [0.4, 0.5) is 5.69 Å². The monoisotopic (exact) mass is 407 g/mol. The molecule has 0 spiro atoms. The van der Waals surface area contributed by atoms with Gasteiger partial charge in [0.1, 0.15) is 0 Å². The van der Waals surface area contributed by atoms with Gasteiger partial charge in [0, 0.05) is 17.5 Å². The first-order valence-electron chi connectivity index (χ1n) is 7.98. The third-order valence-electron chi connectivity index (χ3n) is 3.89. The van der Waals surface area contributed by atoms with E-state index in [1.807, 2.05) is 47.2 Å². The van der Waals surface area contributed by atoms with Gasteiger partial charge in [0.25, 0.3) is 0 Å². The van der Waals surface area contributed by atoms with Crippen LogP contribution in [-0.4, -0.2) is 20.0 Å². The number of halogens is 1. The molecule has 0 aliphatic carbocycles. The summed E-state index contributed by atoms with van der Waals surface area (Å²) in [5.74, 6) is 0. The van der Waals surface area contributed by atoms with Crippen molar-refractivity contribution >= 4 is 38.6 Å². The molecule has 5 nitrogen and oxygen atoms in total. The smallest absolute Gasteiger partial charge is 0.240 e. The summed E-state index contributed by atoms with van der Waals surface area (Å²) in [6.45, 7) is 2.70. The average molecular weight is 408 g/mol. The van der Waals surface area contributed by atoms with Crippen molar-refractivity contribution in [2.24, 2.45) is 4.99 Å². The predicted molar refractivity (Wildman–Crippen MR) is 106 cm³/mol. The fourth-order valence-electron chi connectivity index (χ4n) is 2.54. The van der Waals surface area contributed by atoms with Crippen molar-refractivity contribution in [1.82, 2.24) is 9.29 Å². The summed E-state index contributed by atoms with van der Waals surface area (Å²) in [7, 11) is -2.16. The molecule has 0 aliphatic heterocycles. The summed E-state index contributed by atoms with van der Waals surface area (Å²) < 4.78 is 28.6. The number of rotatable bonds is 5. The molecule has 136 valence electrons. The molecule has 1 aromatic heterocycles. The fraction of sp³-hybridized carbons (Fsp3) is 0.167. The van der Waals surface area contributed by atoms with Crippen molar-refractivity contribution in [1.29, 1.82) is 0 Å². The highest BCUT2D eigenvalue weighted by atomic mass is 35.5.